The summed E-state index contributed by atoms with van der Waals surface area (Å²) in [5.41, 5.74) is 2.87. The molecule has 1 rings (SSSR count). The number of carbonyl (C=O) groups is 1. The SMILES string of the molecule is CC(C)=CNC(=O)Nc1ccc(Br)cc1C. The maximum Gasteiger partial charge on any atom is 0.323 e. The molecule has 1 aromatic carbocycles. The average molecular weight is 283 g/mol. The minimum atomic E-state index is -0.230. The second kappa shape index (κ2) is 5.70. The zero-order chi connectivity index (χ0) is 12.1. The molecule has 0 heterocycles. The number of nitrogens with one attached hydrogen (secondary N) is 2. The Balaban J connectivity index is 2.66. The number of rotatable bonds is 2. The van der Waals surface area contributed by atoms with Crippen molar-refractivity contribution < 1.29 is 4.79 Å². The van der Waals surface area contributed by atoms with Gasteiger partial charge >= 0.3 is 6.03 Å². The van der Waals surface area contributed by atoms with Crippen molar-refractivity contribution in [2.75, 3.05) is 5.32 Å². The molecule has 0 aliphatic heterocycles. The van der Waals surface area contributed by atoms with E-state index < -0.39 is 0 Å². The number of halogens is 1. The van der Waals surface area contributed by atoms with Gasteiger partial charge in [-0.05, 0) is 44.5 Å². The van der Waals surface area contributed by atoms with Gasteiger partial charge < -0.3 is 10.6 Å². The lowest BCUT2D eigenvalue weighted by Crippen LogP contribution is -2.24. The van der Waals surface area contributed by atoms with Gasteiger partial charge in [-0.3, -0.25) is 0 Å². The third kappa shape index (κ3) is 4.06. The molecule has 3 nitrogen and oxygen atoms in total. The zero-order valence-corrected chi connectivity index (χ0v) is 11.2. The highest BCUT2D eigenvalue weighted by molar-refractivity contribution is 9.10. The predicted molar refractivity (Wildman–Crippen MR) is 70.5 cm³/mol. The van der Waals surface area contributed by atoms with Gasteiger partial charge in [0.05, 0.1) is 0 Å². The van der Waals surface area contributed by atoms with Crippen LogP contribution in [0.15, 0.2) is 34.4 Å². The van der Waals surface area contributed by atoms with E-state index >= 15 is 0 Å². The first-order valence-electron chi connectivity index (χ1n) is 4.96. The molecule has 0 aromatic heterocycles. The molecule has 0 atom stereocenters. The van der Waals surface area contributed by atoms with Crippen molar-refractivity contribution in [3.05, 3.63) is 40.0 Å². The smallest absolute Gasteiger partial charge is 0.314 e. The maximum absolute atomic E-state index is 11.5. The first-order valence-corrected chi connectivity index (χ1v) is 5.75. The second-order valence-electron chi connectivity index (χ2n) is 3.78. The summed E-state index contributed by atoms with van der Waals surface area (Å²) in [4.78, 5) is 11.5. The Kier molecular flexibility index (Phi) is 4.55. The van der Waals surface area contributed by atoms with Gasteiger partial charge in [-0.15, -0.1) is 0 Å². The number of allylic oxidation sites excluding steroid dienone is 1. The topological polar surface area (TPSA) is 41.1 Å². The van der Waals surface area contributed by atoms with Crippen molar-refractivity contribution in [3.63, 3.8) is 0 Å². The molecule has 1 aromatic rings. The Labute approximate surface area is 104 Å². The Hall–Kier alpha value is -1.29. The van der Waals surface area contributed by atoms with Crippen molar-refractivity contribution in [2.24, 2.45) is 0 Å². The fourth-order valence-electron chi connectivity index (χ4n) is 1.14. The van der Waals surface area contributed by atoms with Crippen LogP contribution in [0.1, 0.15) is 19.4 Å². The lowest BCUT2D eigenvalue weighted by atomic mass is 10.2. The van der Waals surface area contributed by atoms with Gasteiger partial charge in [0.2, 0.25) is 0 Å². The molecule has 0 aliphatic rings. The predicted octanol–water partition coefficient (Wildman–Crippen LogP) is 3.80. The van der Waals surface area contributed by atoms with Crippen molar-refractivity contribution in [2.45, 2.75) is 20.8 Å². The number of hydrogen-bond donors (Lipinski definition) is 2. The summed E-state index contributed by atoms with van der Waals surface area (Å²) in [5.74, 6) is 0. The summed E-state index contributed by atoms with van der Waals surface area (Å²) in [6.45, 7) is 5.79. The molecule has 0 radical (unpaired) electrons. The van der Waals surface area contributed by atoms with Crippen LogP contribution in [0.2, 0.25) is 0 Å². The van der Waals surface area contributed by atoms with Gasteiger partial charge in [0.15, 0.2) is 0 Å². The number of carbonyl (C=O) groups excluding carboxylic acids is 1. The summed E-state index contributed by atoms with van der Waals surface area (Å²) in [6.07, 6.45) is 1.67. The van der Waals surface area contributed by atoms with Crippen LogP contribution in [0.4, 0.5) is 10.5 Å². The number of anilines is 1. The monoisotopic (exact) mass is 282 g/mol. The first-order chi connectivity index (χ1) is 7.49. The standard InChI is InChI=1S/C12H15BrN2O/c1-8(2)7-14-12(16)15-11-5-4-10(13)6-9(11)3/h4-7H,1-3H3,(H2,14,15,16). The van der Waals surface area contributed by atoms with Crippen LogP contribution in [-0.2, 0) is 0 Å². The van der Waals surface area contributed by atoms with Crippen molar-refractivity contribution in [1.82, 2.24) is 5.32 Å². The van der Waals surface area contributed by atoms with Crippen LogP contribution >= 0.6 is 15.9 Å². The third-order valence-electron chi connectivity index (χ3n) is 1.93. The minimum Gasteiger partial charge on any atom is -0.314 e. The molecule has 0 aliphatic carbocycles. The van der Waals surface area contributed by atoms with E-state index in [2.05, 4.69) is 26.6 Å². The van der Waals surface area contributed by atoms with E-state index in [0.717, 1.165) is 21.3 Å². The molecule has 2 amide bonds. The number of benzene rings is 1. The highest BCUT2D eigenvalue weighted by Gasteiger charge is 2.02. The summed E-state index contributed by atoms with van der Waals surface area (Å²) < 4.78 is 1.00. The van der Waals surface area contributed by atoms with Crippen LogP contribution in [0.5, 0.6) is 0 Å². The maximum atomic E-state index is 11.5. The van der Waals surface area contributed by atoms with Gasteiger partial charge in [0, 0.05) is 16.4 Å². The summed E-state index contributed by atoms with van der Waals surface area (Å²) in [5, 5.41) is 5.43. The van der Waals surface area contributed by atoms with Gasteiger partial charge in [-0.1, -0.05) is 21.5 Å². The number of hydrogen-bond acceptors (Lipinski definition) is 1. The quantitative estimate of drug-likeness (QED) is 0.851. The average Bonchev–Trinajstić information content (AvgIpc) is 2.19. The second-order valence-corrected chi connectivity index (χ2v) is 4.70. The van der Waals surface area contributed by atoms with Crippen molar-refractivity contribution >= 4 is 27.6 Å². The molecule has 16 heavy (non-hydrogen) atoms. The highest BCUT2D eigenvalue weighted by atomic mass is 79.9. The van der Waals surface area contributed by atoms with E-state index in [4.69, 9.17) is 0 Å². The molecule has 0 saturated carbocycles. The van der Waals surface area contributed by atoms with Gasteiger partial charge in [0.1, 0.15) is 0 Å². The molecule has 0 saturated heterocycles. The Bertz CT molecular complexity index is 423. The van der Waals surface area contributed by atoms with Crippen LogP contribution in [0.3, 0.4) is 0 Å². The molecule has 86 valence electrons. The largest absolute Gasteiger partial charge is 0.323 e. The summed E-state index contributed by atoms with van der Waals surface area (Å²) in [7, 11) is 0. The van der Waals surface area contributed by atoms with Gasteiger partial charge in [-0.25, -0.2) is 4.79 Å². The molecular weight excluding hydrogens is 268 g/mol. The van der Waals surface area contributed by atoms with E-state index in [1.165, 1.54) is 0 Å². The van der Waals surface area contributed by atoms with E-state index in [-0.39, 0.29) is 6.03 Å². The Morgan fingerprint density at radius 3 is 2.62 bits per heavy atom. The van der Waals surface area contributed by atoms with E-state index in [1.54, 1.807) is 6.20 Å². The number of amides is 2. The Morgan fingerprint density at radius 1 is 1.38 bits per heavy atom. The molecule has 0 unspecified atom stereocenters. The van der Waals surface area contributed by atoms with E-state index in [1.807, 2.05) is 39.0 Å². The van der Waals surface area contributed by atoms with Crippen LogP contribution in [0.25, 0.3) is 0 Å². The van der Waals surface area contributed by atoms with E-state index in [9.17, 15) is 4.79 Å². The van der Waals surface area contributed by atoms with Gasteiger partial charge in [0.25, 0.3) is 0 Å². The lowest BCUT2D eigenvalue weighted by molar-refractivity contribution is 0.255. The summed E-state index contributed by atoms with van der Waals surface area (Å²) >= 11 is 3.37. The van der Waals surface area contributed by atoms with Crippen molar-refractivity contribution in [1.29, 1.82) is 0 Å². The fraction of sp³-hybridized carbons (Fsp3) is 0.250. The van der Waals surface area contributed by atoms with Crippen LogP contribution in [-0.4, -0.2) is 6.03 Å². The molecule has 0 fully saturated rings. The van der Waals surface area contributed by atoms with Crippen LogP contribution in [0, 0.1) is 6.92 Å². The summed E-state index contributed by atoms with van der Waals surface area (Å²) in [6, 6.07) is 5.48. The zero-order valence-electron chi connectivity index (χ0n) is 9.60. The van der Waals surface area contributed by atoms with E-state index in [0.29, 0.717) is 0 Å². The minimum absolute atomic E-state index is 0.230. The molecule has 0 bridgehead atoms. The molecule has 2 N–H and O–H groups in total. The Morgan fingerprint density at radius 2 is 2.06 bits per heavy atom. The lowest BCUT2D eigenvalue weighted by Gasteiger charge is -2.08. The third-order valence-corrected chi connectivity index (χ3v) is 2.42. The fourth-order valence-corrected chi connectivity index (χ4v) is 1.61. The molecular formula is C12H15BrN2O. The molecule has 4 heteroatoms. The van der Waals surface area contributed by atoms with Gasteiger partial charge in [-0.2, -0.15) is 0 Å². The van der Waals surface area contributed by atoms with Crippen molar-refractivity contribution in [3.8, 4) is 0 Å². The molecule has 0 spiro atoms. The number of aryl methyl sites for hydroxylation is 1. The first kappa shape index (κ1) is 12.8. The number of urea groups is 1. The van der Waals surface area contributed by atoms with Crippen LogP contribution < -0.4 is 10.6 Å². The highest BCUT2D eigenvalue weighted by Crippen LogP contribution is 2.19. The normalized spacial score (nSPS) is 9.50.